The summed E-state index contributed by atoms with van der Waals surface area (Å²) in [4.78, 5) is 13.8. The Balaban J connectivity index is 1.66. The van der Waals surface area contributed by atoms with Crippen molar-refractivity contribution in [2.45, 2.75) is 16.6 Å². The Bertz CT molecular complexity index is 890. The Kier molecular flexibility index (Phi) is 5.04. The van der Waals surface area contributed by atoms with Gasteiger partial charge in [-0.25, -0.2) is 12.8 Å². The highest BCUT2D eigenvalue weighted by atomic mass is 35.5. The Morgan fingerprint density at radius 1 is 1.12 bits per heavy atom. The maximum atomic E-state index is 13.8. The predicted molar refractivity (Wildman–Crippen MR) is 94.1 cm³/mol. The van der Waals surface area contributed by atoms with Crippen molar-refractivity contribution in [3.05, 3.63) is 63.9 Å². The summed E-state index contributed by atoms with van der Waals surface area (Å²) in [7, 11) is -3.53. The van der Waals surface area contributed by atoms with Crippen LogP contribution in [0, 0.1) is 5.82 Å². The first kappa shape index (κ1) is 18.2. The van der Waals surface area contributed by atoms with Gasteiger partial charge in [0.05, 0.1) is 11.3 Å². The van der Waals surface area contributed by atoms with Crippen LogP contribution in [0.25, 0.3) is 0 Å². The summed E-state index contributed by atoms with van der Waals surface area (Å²) in [6.45, 7) is 0.158. The molecule has 1 aliphatic heterocycles. The second kappa shape index (κ2) is 6.94. The molecule has 4 nitrogen and oxygen atoms in total. The smallest absolute Gasteiger partial charge is 0.227 e. The summed E-state index contributed by atoms with van der Waals surface area (Å²) >= 11 is 11.7. The Morgan fingerprint density at radius 2 is 1.76 bits per heavy atom. The van der Waals surface area contributed by atoms with E-state index in [1.54, 1.807) is 0 Å². The van der Waals surface area contributed by atoms with Gasteiger partial charge in [-0.1, -0.05) is 29.3 Å². The minimum Gasteiger partial charge on any atom is -0.340 e. The van der Waals surface area contributed by atoms with Crippen molar-refractivity contribution in [3.8, 4) is 0 Å². The van der Waals surface area contributed by atoms with Crippen molar-refractivity contribution < 1.29 is 17.6 Å². The molecule has 25 heavy (non-hydrogen) atoms. The molecule has 0 unspecified atom stereocenters. The Labute approximate surface area is 155 Å². The Morgan fingerprint density at radius 3 is 2.36 bits per heavy atom. The van der Waals surface area contributed by atoms with E-state index in [4.69, 9.17) is 23.2 Å². The van der Waals surface area contributed by atoms with Crippen molar-refractivity contribution in [3.63, 3.8) is 0 Å². The quantitative estimate of drug-likeness (QED) is 0.788. The average molecular weight is 402 g/mol. The van der Waals surface area contributed by atoms with Crippen LogP contribution in [0.1, 0.15) is 5.56 Å². The monoisotopic (exact) mass is 401 g/mol. The van der Waals surface area contributed by atoms with E-state index in [9.17, 15) is 17.6 Å². The first-order chi connectivity index (χ1) is 11.8. The van der Waals surface area contributed by atoms with Crippen molar-refractivity contribution in [2.24, 2.45) is 0 Å². The van der Waals surface area contributed by atoms with E-state index in [0.29, 0.717) is 5.02 Å². The van der Waals surface area contributed by atoms with Crippen LogP contribution in [0.3, 0.4) is 0 Å². The average Bonchev–Trinajstić information content (AvgIpc) is 2.50. The van der Waals surface area contributed by atoms with E-state index in [0.717, 1.165) is 0 Å². The van der Waals surface area contributed by atoms with Crippen LogP contribution < -0.4 is 0 Å². The van der Waals surface area contributed by atoms with Gasteiger partial charge in [0.1, 0.15) is 11.1 Å². The van der Waals surface area contributed by atoms with E-state index < -0.39 is 20.9 Å². The molecule has 1 aliphatic rings. The van der Waals surface area contributed by atoms with Gasteiger partial charge in [-0.15, -0.1) is 0 Å². The molecule has 0 radical (unpaired) electrons. The van der Waals surface area contributed by atoms with E-state index in [1.165, 1.54) is 47.4 Å². The lowest BCUT2D eigenvalue weighted by Gasteiger charge is -2.38. The van der Waals surface area contributed by atoms with Gasteiger partial charge in [0.2, 0.25) is 5.91 Å². The molecule has 0 N–H and O–H groups in total. The van der Waals surface area contributed by atoms with Crippen molar-refractivity contribution in [1.29, 1.82) is 0 Å². The van der Waals surface area contributed by atoms with Crippen LogP contribution in [0.2, 0.25) is 10.0 Å². The second-order valence-corrected chi connectivity index (χ2v) is 8.87. The molecule has 0 aliphatic carbocycles. The van der Waals surface area contributed by atoms with E-state index in [-0.39, 0.29) is 40.9 Å². The number of benzene rings is 2. The van der Waals surface area contributed by atoms with Gasteiger partial charge >= 0.3 is 0 Å². The topological polar surface area (TPSA) is 54.5 Å². The number of carbonyl (C=O) groups excluding carboxylic acids is 1. The Hall–Kier alpha value is -1.63. The van der Waals surface area contributed by atoms with Gasteiger partial charge in [-0.2, -0.15) is 0 Å². The molecule has 0 saturated carbocycles. The maximum absolute atomic E-state index is 13.8. The third-order valence-corrected chi connectivity index (χ3v) is 6.88. The molecule has 0 atom stereocenters. The zero-order chi connectivity index (χ0) is 18.2. The van der Waals surface area contributed by atoms with Gasteiger partial charge in [-0.05, 0) is 36.4 Å². The number of amides is 1. The second-order valence-electron chi connectivity index (χ2n) is 5.80. The van der Waals surface area contributed by atoms with Crippen LogP contribution in [-0.2, 0) is 21.1 Å². The van der Waals surface area contributed by atoms with E-state index in [1.807, 2.05) is 0 Å². The number of halogens is 3. The van der Waals surface area contributed by atoms with Crippen LogP contribution in [0.15, 0.2) is 47.4 Å². The predicted octanol–water partition coefficient (Wildman–Crippen LogP) is 3.36. The van der Waals surface area contributed by atoms with Crippen LogP contribution in [0.5, 0.6) is 0 Å². The van der Waals surface area contributed by atoms with Gasteiger partial charge in [-0.3, -0.25) is 4.79 Å². The van der Waals surface area contributed by atoms with Gasteiger partial charge in [0, 0.05) is 28.7 Å². The number of sulfone groups is 1. The summed E-state index contributed by atoms with van der Waals surface area (Å²) in [6, 6.07) is 10.1. The summed E-state index contributed by atoms with van der Waals surface area (Å²) in [5, 5.41) is -0.0425. The molecule has 1 saturated heterocycles. The number of hydrogen-bond acceptors (Lipinski definition) is 3. The van der Waals surface area contributed by atoms with Crippen molar-refractivity contribution >= 4 is 38.9 Å². The lowest BCUT2D eigenvalue weighted by atomic mass is 10.1. The highest BCUT2D eigenvalue weighted by Gasteiger charge is 2.40. The normalized spacial score (nSPS) is 15.1. The number of hydrogen-bond donors (Lipinski definition) is 0. The number of carbonyl (C=O) groups is 1. The van der Waals surface area contributed by atoms with Crippen LogP contribution in [-0.4, -0.2) is 37.6 Å². The fraction of sp³-hybridized carbons (Fsp3) is 0.235. The summed E-state index contributed by atoms with van der Waals surface area (Å²) < 4.78 is 38.8. The third kappa shape index (κ3) is 3.66. The van der Waals surface area contributed by atoms with Crippen molar-refractivity contribution in [1.82, 2.24) is 4.90 Å². The number of nitrogens with zero attached hydrogens (tertiary/aromatic N) is 1. The molecule has 132 valence electrons. The molecule has 0 aromatic heterocycles. The molecular formula is C17H14Cl2FNO3S. The number of likely N-dealkylation sites (tertiary alicyclic amines) is 1. The molecule has 2 aromatic rings. The summed E-state index contributed by atoms with van der Waals surface area (Å²) in [6.07, 6.45) is -0.195. The summed E-state index contributed by atoms with van der Waals surface area (Å²) in [5.41, 5.74) is 0.123. The van der Waals surface area contributed by atoms with Gasteiger partial charge in [0.15, 0.2) is 9.84 Å². The molecule has 2 aromatic carbocycles. The molecular weight excluding hydrogens is 388 g/mol. The number of rotatable bonds is 4. The molecule has 0 spiro atoms. The molecule has 1 fully saturated rings. The molecule has 0 bridgehead atoms. The lowest BCUT2D eigenvalue weighted by molar-refractivity contribution is -0.133. The first-order valence-corrected chi connectivity index (χ1v) is 9.79. The van der Waals surface area contributed by atoms with Crippen molar-refractivity contribution in [2.75, 3.05) is 13.1 Å². The zero-order valence-electron chi connectivity index (χ0n) is 13.0. The van der Waals surface area contributed by atoms with E-state index in [2.05, 4.69) is 0 Å². The highest BCUT2D eigenvalue weighted by Crippen LogP contribution is 2.26. The fourth-order valence-electron chi connectivity index (χ4n) is 2.62. The standard InChI is InChI=1S/C17H14Cl2FNO3S/c18-11-4-6-12(7-5-11)25(23,24)13-9-21(10-13)17(22)8-14-15(19)2-1-3-16(14)20/h1-7,13H,8-10H2. The SMILES string of the molecule is O=C(Cc1c(F)cccc1Cl)N1CC(S(=O)(=O)c2ccc(Cl)cc2)C1. The molecule has 1 heterocycles. The zero-order valence-corrected chi connectivity index (χ0v) is 15.3. The highest BCUT2D eigenvalue weighted by molar-refractivity contribution is 7.92. The first-order valence-electron chi connectivity index (χ1n) is 7.49. The fourth-order valence-corrected chi connectivity index (χ4v) is 4.63. The maximum Gasteiger partial charge on any atom is 0.227 e. The van der Waals surface area contributed by atoms with Gasteiger partial charge < -0.3 is 4.90 Å². The third-order valence-electron chi connectivity index (χ3n) is 4.17. The minimum atomic E-state index is -3.53. The van der Waals surface area contributed by atoms with Gasteiger partial charge in [0.25, 0.3) is 0 Å². The molecule has 8 heteroatoms. The summed E-state index contributed by atoms with van der Waals surface area (Å²) in [5.74, 6) is -0.902. The largest absolute Gasteiger partial charge is 0.340 e. The lowest BCUT2D eigenvalue weighted by Crippen LogP contribution is -2.57. The van der Waals surface area contributed by atoms with Crippen LogP contribution >= 0.6 is 23.2 Å². The minimum absolute atomic E-state index is 0.0792. The molecule has 3 rings (SSSR count). The molecule has 1 amide bonds. The van der Waals surface area contributed by atoms with Crippen LogP contribution in [0.4, 0.5) is 4.39 Å². The van der Waals surface area contributed by atoms with E-state index >= 15 is 0 Å².